The second kappa shape index (κ2) is 7.08. The van der Waals surface area contributed by atoms with Gasteiger partial charge in [0.1, 0.15) is 0 Å². The van der Waals surface area contributed by atoms with Gasteiger partial charge in [-0.05, 0) is 31.2 Å². The van der Waals surface area contributed by atoms with Gasteiger partial charge in [-0.15, -0.1) is 6.58 Å². The summed E-state index contributed by atoms with van der Waals surface area (Å²) in [6.45, 7) is 17.2. The summed E-state index contributed by atoms with van der Waals surface area (Å²) in [5.41, 5.74) is 0.818. The summed E-state index contributed by atoms with van der Waals surface area (Å²) in [4.78, 5) is 11.9. The van der Waals surface area contributed by atoms with Gasteiger partial charge in [-0.25, -0.2) is 4.79 Å². The fraction of sp³-hybridized carbons (Fsp3) is 0.688. The lowest BCUT2D eigenvalue weighted by molar-refractivity contribution is -0.136. The number of ether oxygens (including phenoxy) is 1. The van der Waals surface area contributed by atoms with Crippen LogP contribution in [0.4, 0.5) is 0 Å². The van der Waals surface area contributed by atoms with Crippen molar-refractivity contribution in [2.45, 2.75) is 65.1 Å². The van der Waals surface area contributed by atoms with Crippen LogP contribution in [-0.4, -0.2) is 21.2 Å². The lowest BCUT2D eigenvalue weighted by Crippen LogP contribution is -2.41. The average Bonchev–Trinajstić information content (AvgIpc) is 2.31. The maximum Gasteiger partial charge on any atom is 0.332 e. The van der Waals surface area contributed by atoms with E-state index in [0.717, 1.165) is 24.8 Å². The van der Waals surface area contributed by atoms with Gasteiger partial charge >= 0.3 is 5.97 Å². The SMILES string of the molecule is C=CCCC/C(=C(\C)C(=O)OC)[Si](C)(C)C(C)(C)C. The lowest BCUT2D eigenvalue weighted by Gasteiger charge is -2.40. The minimum absolute atomic E-state index is 0.182. The average molecular weight is 282 g/mol. The van der Waals surface area contributed by atoms with Crippen molar-refractivity contribution in [2.75, 3.05) is 7.11 Å². The molecule has 0 aliphatic carbocycles. The first-order chi connectivity index (χ1) is 8.59. The molecule has 0 aromatic heterocycles. The summed E-state index contributed by atoms with van der Waals surface area (Å²) in [5.74, 6) is -0.182. The third kappa shape index (κ3) is 4.64. The third-order valence-electron chi connectivity index (χ3n) is 4.41. The van der Waals surface area contributed by atoms with Gasteiger partial charge in [-0.1, -0.05) is 45.1 Å². The molecule has 2 nitrogen and oxygen atoms in total. The van der Waals surface area contributed by atoms with Crippen LogP contribution in [0.5, 0.6) is 0 Å². The number of unbranched alkanes of at least 4 members (excludes halogenated alkanes) is 1. The van der Waals surface area contributed by atoms with Gasteiger partial charge < -0.3 is 4.74 Å². The van der Waals surface area contributed by atoms with Crippen LogP contribution in [0.15, 0.2) is 23.4 Å². The van der Waals surface area contributed by atoms with Crippen molar-refractivity contribution >= 4 is 14.0 Å². The number of hydrogen-bond donors (Lipinski definition) is 0. The highest BCUT2D eigenvalue weighted by Crippen LogP contribution is 2.43. The van der Waals surface area contributed by atoms with E-state index in [4.69, 9.17) is 4.74 Å². The van der Waals surface area contributed by atoms with Crippen molar-refractivity contribution in [3.63, 3.8) is 0 Å². The fourth-order valence-electron chi connectivity index (χ4n) is 2.12. The number of esters is 1. The molecule has 0 spiro atoms. The number of rotatable bonds is 6. The second-order valence-corrected chi connectivity index (χ2v) is 12.0. The van der Waals surface area contributed by atoms with E-state index in [0.29, 0.717) is 0 Å². The van der Waals surface area contributed by atoms with Crippen LogP contribution in [0.1, 0.15) is 47.0 Å². The fourth-order valence-corrected chi connectivity index (χ4v) is 4.87. The predicted octanol–water partition coefficient (Wildman–Crippen LogP) is 4.88. The minimum Gasteiger partial charge on any atom is -0.466 e. The molecule has 0 aliphatic heterocycles. The molecule has 110 valence electrons. The molecule has 0 saturated carbocycles. The van der Waals surface area contributed by atoms with Gasteiger partial charge in [0.15, 0.2) is 0 Å². The standard InChI is InChI=1S/C16H30O2Si/c1-9-10-11-12-14(13(2)15(17)18-6)19(7,8)16(3,4)5/h9H,1,10-12H2,2-8H3/b14-13-. The molecule has 0 radical (unpaired) electrons. The first kappa shape index (κ1) is 18.2. The van der Waals surface area contributed by atoms with Gasteiger partial charge in [0.25, 0.3) is 0 Å². The Morgan fingerprint density at radius 2 is 1.84 bits per heavy atom. The van der Waals surface area contributed by atoms with E-state index in [1.165, 1.54) is 12.3 Å². The Hall–Kier alpha value is -0.833. The van der Waals surface area contributed by atoms with Crippen LogP contribution in [0.3, 0.4) is 0 Å². The molecule has 0 aromatic rings. The number of hydrogen-bond acceptors (Lipinski definition) is 2. The van der Waals surface area contributed by atoms with Crippen molar-refractivity contribution in [2.24, 2.45) is 0 Å². The molecular weight excluding hydrogens is 252 g/mol. The predicted molar refractivity (Wildman–Crippen MR) is 86.0 cm³/mol. The van der Waals surface area contributed by atoms with Crippen molar-refractivity contribution < 1.29 is 9.53 Å². The summed E-state index contributed by atoms with van der Waals surface area (Å²) in [6.07, 6.45) is 4.96. The van der Waals surface area contributed by atoms with E-state index in [1.807, 2.05) is 13.0 Å². The van der Waals surface area contributed by atoms with Crippen LogP contribution >= 0.6 is 0 Å². The first-order valence-electron chi connectivity index (χ1n) is 6.99. The van der Waals surface area contributed by atoms with Crippen molar-refractivity contribution in [1.29, 1.82) is 0 Å². The molecule has 0 unspecified atom stereocenters. The van der Waals surface area contributed by atoms with Gasteiger partial charge in [0.05, 0.1) is 15.2 Å². The molecule has 0 amide bonds. The first-order valence-corrected chi connectivity index (χ1v) is 9.99. The molecule has 0 aliphatic rings. The molecule has 0 N–H and O–H groups in total. The van der Waals surface area contributed by atoms with Crippen molar-refractivity contribution in [3.05, 3.63) is 23.4 Å². The minimum atomic E-state index is -1.68. The third-order valence-corrected chi connectivity index (χ3v) is 10.3. The highest BCUT2D eigenvalue weighted by atomic mass is 28.3. The molecule has 0 bridgehead atoms. The summed E-state index contributed by atoms with van der Waals surface area (Å²) < 4.78 is 4.91. The number of carbonyl (C=O) groups is 1. The molecule has 0 fully saturated rings. The van der Waals surface area contributed by atoms with Crippen LogP contribution in [0, 0.1) is 0 Å². The Morgan fingerprint density at radius 1 is 1.32 bits per heavy atom. The molecule has 0 aromatic carbocycles. The number of methoxy groups -OCH3 is 1. The summed E-state index contributed by atoms with van der Waals surface area (Å²) in [6, 6.07) is 0. The van der Waals surface area contributed by atoms with Gasteiger partial charge in [0.2, 0.25) is 0 Å². The molecule has 0 rings (SSSR count). The van der Waals surface area contributed by atoms with Crippen LogP contribution in [-0.2, 0) is 9.53 Å². The van der Waals surface area contributed by atoms with E-state index >= 15 is 0 Å². The van der Waals surface area contributed by atoms with Crippen molar-refractivity contribution in [1.82, 2.24) is 0 Å². The number of allylic oxidation sites excluding steroid dienone is 2. The van der Waals surface area contributed by atoms with Gasteiger partial charge in [-0.2, -0.15) is 0 Å². The Labute approximate surface area is 119 Å². The second-order valence-electron chi connectivity index (χ2n) is 6.65. The monoisotopic (exact) mass is 282 g/mol. The maximum absolute atomic E-state index is 11.9. The molecule has 3 heteroatoms. The molecule has 19 heavy (non-hydrogen) atoms. The highest BCUT2D eigenvalue weighted by Gasteiger charge is 2.39. The van der Waals surface area contributed by atoms with Crippen LogP contribution in [0.25, 0.3) is 0 Å². The highest BCUT2D eigenvalue weighted by molar-refractivity contribution is 6.87. The molecule has 0 saturated heterocycles. The zero-order valence-electron chi connectivity index (χ0n) is 13.7. The molecule has 0 heterocycles. The van der Waals surface area contributed by atoms with Crippen LogP contribution < -0.4 is 0 Å². The Kier molecular flexibility index (Phi) is 6.77. The van der Waals surface area contributed by atoms with E-state index < -0.39 is 8.07 Å². The summed E-state index contributed by atoms with van der Waals surface area (Å²) >= 11 is 0. The number of carbonyl (C=O) groups excluding carboxylic acids is 1. The van der Waals surface area contributed by atoms with E-state index in [-0.39, 0.29) is 11.0 Å². The maximum atomic E-state index is 11.9. The zero-order chi connectivity index (χ0) is 15.3. The Bertz CT molecular complexity index is 359. The molecular formula is C16H30O2Si. The summed E-state index contributed by atoms with van der Waals surface area (Å²) in [7, 11) is -0.225. The smallest absolute Gasteiger partial charge is 0.332 e. The van der Waals surface area contributed by atoms with E-state index in [2.05, 4.69) is 40.4 Å². The molecule has 0 atom stereocenters. The largest absolute Gasteiger partial charge is 0.466 e. The van der Waals surface area contributed by atoms with E-state index in [1.54, 1.807) is 0 Å². The van der Waals surface area contributed by atoms with Crippen LogP contribution in [0.2, 0.25) is 18.1 Å². The quantitative estimate of drug-likeness (QED) is 0.228. The topological polar surface area (TPSA) is 26.3 Å². The van der Waals surface area contributed by atoms with Gasteiger partial charge in [0, 0.05) is 5.57 Å². The Balaban J connectivity index is 5.52. The zero-order valence-corrected chi connectivity index (χ0v) is 14.7. The summed E-state index contributed by atoms with van der Waals surface area (Å²) in [5, 5.41) is 1.57. The lowest BCUT2D eigenvalue weighted by atomic mass is 10.1. The van der Waals surface area contributed by atoms with Crippen molar-refractivity contribution in [3.8, 4) is 0 Å². The van der Waals surface area contributed by atoms with Gasteiger partial charge in [-0.3, -0.25) is 0 Å². The Morgan fingerprint density at radius 3 is 2.21 bits per heavy atom. The normalized spacial score (nSPS) is 13.8. The van der Waals surface area contributed by atoms with E-state index in [9.17, 15) is 4.79 Å².